The summed E-state index contributed by atoms with van der Waals surface area (Å²) in [7, 11) is 1.53. The zero-order chi connectivity index (χ0) is 38.2. The SMILES string of the molecule is CSCC[C@H](NC(=O)[C@@H](NC(=O)OC(C)(C)C)C(C)C)C(=O)N[C@@H](CC(C)C)[C@@H](O)CN(C)C(=O)[C@H](NC(=O)OCc1ccccc1)C(C)C. The predicted molar refractivity (Wildman–Crippen MR) is 196 cm³/mol. The quantitative estimate of drug-likeness (QED) is 0.141. The average molecular weight is 724 g/mol. The van der Waals surface area contributed by atoms with E-state index in [2.05, 4.69) is 21.3 Å². The van der Waals surface area contributed by atoms with Crippen molar-refractivity contribution in [2.24, 2.45) is 17.8 Å². The number of hydrogen-bond donors (Lipinski definition) is 5. The Balaban J connectivity index is 3.03. The van der Waals surface area contributed by atoms with E-state index in [-0.39, 0.29) is 30.9 Å². The van der Waals surface area contributed by atoms with E-state index in [1.54, 1.807) is 48.5 Å². The Hall–Kier alpha value is -3.52. The zero-order valence-corrected chi connectivity index (χ0v) is 32.5. The Morgan fingerprint density at radius 2 is 1.42 bits per heavy atom. The number of ether oxygens (including phenoxy) is 2. The number of thioether (sulfide) groups is 1. The maximum atomic E-state index is 13.7. The Morgan fingerprint density at radius 1 is 0.840 bits per heavy atom. The van der Waals surface area contributed by atoms with Gasteiger partial charge in [0, 0.05) is 13.6 Å². The number of carbonyl (C=O) groups is 5. The second-order valence-corrected chi connectivity index (χ2v) is 15.7. The van der Waals surface area contributed by atoms with E-state index in [1.165, 1.54) is 23.7 Å². The minimum Gasteiger partial charge on any atom is -0.445 e. The standard InChI is InChI=1S/C36H61N5O8S/c1-22(2)19-27(28(42)20-41(10)33(45)30(24(5)6)40-34(46)48-21-25-15-13-12-14-16-25)38-31(43)26(17-18-50-11)37-32(44)29(23(3)4)39-35(47)49-36(7,8)9/h12-16,22-24,26-30,42H,17-21H2,1-11H3,(H,37,44)(H,38,43)(H,39,47)(H,40,46)/t26-,27-,28-,29-,30+/m0/s1. The molecule has 50 heavy (non-hydrogen) atoms. The van der Waals surface area contributed by atoms with Gasteiger partial charge < -0.3 is 40.7 Å². The molecule has 13 nitrogen and oxygen atoms in total. The first-order chi connectivity index (χ1) is 23.2. The van der Waals surface area contributed by atoms with E-state index in [0.717, 1.165) is 5.56 Å². The third kappa shape index (κ3) is 16.9. The lowest BCUT2D eigenvalue weighted by Gasteiger charge is -2.33. The molecule has 5 atom stereocenters. The Bertz CT molecular complexity index is 1220. The molecule has 0 unspecified atom stereocenters. The molecule has 0 bridgehead atoms. The van der Waals surface area contributed by atoms with Crippen LogP contribution in [-0.2, 0) is 30.5 Å². The van der Waals surface area contributed by atoms with Gasteiger partial charge in [-0.1, -0.05) is 71.9 Å². The monoisotopic (exact) mass is 723 g/mol. The van der Waals surface area contributed by atoms with E-state index in [0.29, 0.717) is 18.6 Å². The van der Waals surface area contributed by atoms with Gasteiger partial charge in [0.1, 0.15) is 30.3 Å². The minimum atomic E-state index is -1.16. The smallest absolute Gasteiger partial charge is 0.408 e. The van der Waals surface area contributed by atoms with E-state index < -0.39 is 65.8 Å². The molecule has 0 spiro atoms. The number of rotatable bonds is 19. The predicted octanol–water partition coefficient (Wildman–Crippen LogP) is 4.07. The highest BCUT2D eigenvalue weighted by atomic mass is 32.2. The van der Waals surface area contributed by atoms with Crippen molar-refractivity contribution >= 4 is 41.7 Å². The summed E-state index contributed by atoms with van der Waals surface area (Å²) in [5.41, 5.74) is 0.0509. The molecule has 0 heterocycles. The highest BCUT2D eigenvalue weighted by Crippen LogP contribution is 2.14. The summed E-state index contributed by atoms with van der Waals surface area (Å²) in [5.74, 6) is -1.39. The minimum absolute atomic E-state index is 0.0492. The molecule has 1 aromatic carbocycles. The molecule has 0 aliphatic rings. The lowest BCUT2D eigenvalue weighted by Crippen LogP contribution is -2.59. The van der Waals surface area contributed by atoms with Crippen LogP contribution >= 0.6 is 11.8 Å². The summed E-state index contributed by atoms with van der Waals surface area (Å²) in [5, 5.41) is 22.3. The fourth-order valence-electron chi connectivity index (χ4n) is 4.98. The van der Waals surface area contributed by atoms with Crippen LogP contribution in [0.5, 0.6) is 0 Å². The lowest BCUT2D eigenvalue weighted by molar-refractivity contribution is -0.135. The van der Waals surface area contributed by atoms with E-state index in [9.17, 15) is 29.1 Å². The Kier molecular flexibility index (Phi) is 19.3. The van der Waals surface area contributed by atoms with E-state index in [4.69, 9.17) is 9.47 Å². The fraction of sp³-hybridized carbons (Fsp3) is 0.694. The van der Waals surface area contributed by atoms with Gasteiger partial charge in [-0.3, -0.25) is 14.4 Å². The van der Waals surface area contributed by atoms with Crippen molar-refractivity contribution < 1.29 is 38.6 Å². The first kappa shape index (κ1) is 44.5. The summed E-state index contributed by atoms with van der Waals surface area (Å²) >= 11 is 1.51. The van der Waals surface area contributed by atoms with Crippen molar-refractivity contribution in [3.05, 3.63) is 35.9 Å². The number of aliphatic hydroxyl groups is 1. The maximum Gasteiger partial charge on any atom is 0.408 e. The molecular formula is C36H61N5O8S. The van der Waals surface area contributed by atoms with Crippen LogP contribution in [-0.4, -0.2) is 101 Å². The van der Waals surface area contributed by atoms with Gasteiger partial charge >= 0.3 is 12.2 Å². The average Bonchev–Trinajstić information content (AvgIpc) is 3.01. The molecule has 0 aliphatic heterocycles. The summed E-state index contributed by atoms with van der Waals surface area (Å²) in [4.78, 5) is 66.9. The fourth-order valence-corrected chi connectivity index (χ4v) is 5.45. The van der Waals surface area contributed by atoms with Gasteiger partial charge in [-0.25, -0.2) is 9.59 Å². The van der Waals surface area contributed by atoms with Crippen LogP contribution in [0.15, 0.2) is 30.3 Å². The number of amides is 5. The van der Waals surface area contributed by atoms with Crippen LogP contribution < -0.4 is 21.3 Å². The largest absolute Gasteiger partial charge is 0.445 e. The van der Waals surface area contributed by atoms with Crippen LogP contribution in [0, 0.1) is 17.8 Å². The Labute approximate surface area is 302 Å². The third-order valence-electron chi connectivity index (χ3n) is 7.64. The van der Waals surface area contributed by atoms with Crippen molar-refractivity contribution in [1.29, 1.82) is 0 Å². The molecule has 14 heteroatoms. The molecule has 0 radical (unpaired) electrons. The first-order valence-electron chi connectivity index (χ1n) is 17.2. The summed E-state index contributed by atoms with van der Waals surface area (Å²) in [6.07, 6.45) is -0.0558. The normalized spacial score (nSPS) is 14.6. The van der Waals surface area contributed by atoms with Crippen molar-refractivity contribution in [3.8, 4) is 0 Å². The van der Waals surface area contributed by atoms with E-state index >= 15 is 0 Å². The molecule has 5 N–H and O–H groups in total. The molecule has 0 aromatic heterocycles. The highest BCUT2D eigenvalue weighted by Gasteiger charge is 2.34. The first-order valence-corrected chi connectivity index (χ1v) is 18.6. The van der Waals surface area contributed by atoms with Gasteiger partial charge in [-0.2, -0.15) is 11.8 Å². The molecule has 284 valence electrons. The number of hydrogen-bond acceptors (Lipinski definition) is 9. The molecule has 0 fully saturated rings. The summed E-state index contributed by atoms with van der Waals surface area (Å²) in [6, 6.07) is 5.60. The van der Waals surface area contributed by atoms with Crippen molar-refractivity contribution in [1.82, 2.24) is 26.2 Å². The zero-order valence-electron chi connectivity index (χ0n) is 31.7. The highest BCUT2D eigenvalue weighted by molar-refractivity contribution is 7.98. The van der Waals surface area contributed by atoms with Gasteiger partial charge in [-0.15, -0.1) is 0 Å². The van der Waals surface area contributed by atoms with Crippen molar-refractivity contribution in [2.75, 3.05) is 25.6 Å². The third-order valence-corrected chi connectivity index (χ3v) is 8.28. The summed E-state index contributed by atoms with van der Waals surface area (Å²) < 4.78 is 10.6. The number of nitrogens with one attached hydrogen (secondary N) is 4. The molecule has 1 aromatic rings. The molecule has 0 aliphatic carbocycles. The lowest BCUT2D eigenvalue weighted by atomic mass is 9.97. The van der Waals surface area contributed by atoms with Crippen molar-refractivity contribution in [3.63, 3.8) is 0 Å². The van der Waals surface area contributed by atoms with Gasteiger partial charge in [0.2, 0.25) is 17.7 Å². The molecule has 5 amide bonds. The molecule has 1 rings (SSSR count). The van der Waals surface area contributed by atoms with Crippen LogP contribution in [0.3, 0.4) is 0 Å². The van der Waals surface area contributed by atoms with Crippen LogP contribution in [0.2, 0.25) is 0 Å². The number of alkyl carbamates (subject to hydrolysis) is 2. The van der Waals surface area contributed by atoms with Gasteiger partial charge in [0.15, 0.2) is 0 Å². The topological polar surface area (TPSA) is 175 Å². The van der Waals surface area contributed by atoms with Crippen LogP contribution in [0.1, 0.15) is 80.7 Å². The summed E-state index contributed by atoms with van der Waals surface area (Å²) in [6.45, 7) is 16.1. The van der Waals surface area contributed by atoms with Crippen LogP contribution in [0.25, 0.3) is 0 Å². The molecular weight excluding hydrogens is 662 g/mol. The number of benzene rings is 1. The number of nitrogens with zero attached hydrogens (tertiary/aromatic N) is 1. The van der Waals surface area contributed by atoms with E-state index in [1.807, 2.05) is 50.4 Å². The molecule has 0 saturated carbocycles. The number of likely N-dealkylation sites (N-methyl/N-ethyl adjacent to an activating group) is 1. The second-order valence-electron chi connectivity index (χ2n) is 14.7. The van der Waals surface area contributed by atoms with Gasteiger partial charge in [0.25, 0.3) is 0 Å². The van der Waals surface area contributed by atoms with Crippen LogP contribution in [0.4, 0.5) is 9.59 Å². The maximum absolute atomic E-state index is 13.7. The number of carbonyl (C=O) groups excluding carboxylic acids is 5. The Morgan fingerprint density at radius 3 is 1.94 bits per heavy atom. The number of aliphatic hydroxyl groups excluding tert-OH is 1. The van der Waals surface area contributed by atoms with Crippen molar-refractivity contribution in [2.45, 2.75) is 118 Å². The van der Waals surface area contributed by atoms with Gasteiger partial charge in [-0.05, 0) is 68.9 Å². The molecule has 0 saturated heterocycles. The second kappa shape index (κ2) is 21.6. The van der Waals surface area contributed by atoms with Gasteiger partial charge in [0.05, 0.1) is 12.1 Å².